The number of hydrogen-bond acceptors (Lipinski definition) is 5. The van der Waals surface area contributed by atoms with Crippen molar-refractivity contribution in [3.05, 3.63) is 59.8 Å². The van der Waals surface area contributed by atoms with Crippen molar-refractivity contribution in [2.75, 3.05) is 7.11 Å². The number of aromatic amines is 1. The first-order valence-electron chi connectivity index (χ1n) is 6.75. The predicted octanol–water partition coefficient (Wildman–Crippen LogP) is 2.18. The van der Waals surface area contributed by atoms with E-state index in [0.29, 0.717) is 24.6 Å². The van der Waals surface area contributed by atoms with Gasteiger partial charge in [-0.05, 0) is 24.1 Å². The highest BCUT2D eigenvalue weighted by atomic mass is 16.5. The van der Waals surface area contributed by atoms with Crippen molar-refractivity contribution in [2.45, 2.75) is 19.3 Å². The van der Waals surface area contributed by atoms with E-state index in [1.165, 1.54) is 0 Å². The molecule has 0 atom stereocenters. The third kappa shape index (κ3) is 3.47. The van der Waals surface area contributed by atoms with E-state index < -0.39 is 0 Å². The van der Waals surface area contributed by atoms with E-state index in [0.717, 1.165) is 23.4 Å². The Bertz CT molecular complexity index is 674. The highest BCUT2D eigenvalue weighted by molar-refractivity contribution is 5.28. The van der Waals surface area contributed by atoms with Crippen LogP contribution in [-0.4, -0.2) is 27.2 Å². The fourth-order valence-corrected chi connectivity index (χ4v) is 2.05. The van der Waals surface area contributed by atoms with Gasteiger partial charge in [0.05, 0.1) is 13.4 Å². The van der Waals surface area contributed by atoms with E-state index in [1.807, 2.05) is 24.3 Å². The summed E-state index contributed by atoms with van der Waals surface area (Å²) in [5, 5.41) is 4.01. The van der Waals surface area contributed by atoms with Crippen molar-refractivity contribution < 1.29 is 9.26 Å². The Morgan fingerprint density at radius 2 is 2.05 bits per heavy atom. The van der Waals surface area contributed by atoms with Gasteiger partial charge in [0.1, 0.15) is 5.75 Å². The van der Waals surface area contributed by atoms with Gasteiger partial charge in [0, 0.05) is 24.7 Å². The van der Waals surface area contributed by atoms with Gasteiger partial charge in [-0.1, -0.05) is 17.3 Å². The fraction of sp³-hybridized carbons (Fsp3) is 0.267. The molecule has 0 saturated heterocycles. The number of imidazole rings is 1. The van der Waals surface area contributed by atoms with Crippen molar-refractivity contribution >= 4 is 0 Å². The Morgan fingerprint density at radius 1 is 1.19 bits per heavy atom. The lowest BCUT2D eigenvalue weighted by Gasteiger charge is -2.00. The van der Waals surface area contributed by atoms with Crippen LogP contribution in [0.5, 0.6) is 5.75 Å². The summed E-state index contributed by atoms with van der Waals surface area (Å²) in [6.45, 7) is 0. The van der Waals surface area contributed by atoms with Crippen LogP contribution in [0.2, 0.25) is 0 Å². The fourth-order valence-electron chi connectivity index (χ4n) is 2.05. The molecule has 0 bridgehead atoms. The van der Waals surface area contributed by atoms with Gasteiger partial charge in [0.25, 0.3) is 0 Å². The third-order valence-corrected chi connectivity index (χ3v) is 3.19. The van der Waals surface area contributed by atoms with E-state index in [9.17, 15) is 0 Å². The van der Waals surface area contributed by atoms with Gasteiger partial charge in [0.2, 0.25) is 5.89 Å². The molecule has 0 radical (unpaired) electrons. The van der Waals surface area contributed by atoms with Crippen LogP contribution in [0.3, 0.4) is 0 Å². The molecule has 0 aliphatic carbocycles. The first-order valence-corrected chi connectivity index (χ1v) is 6.75. The predicted molar refractivity (Wildman–Crippen MR) is 76.1 cm³/mol. The average molecular weight is 284 g/mol. The number of methoxy groups -OCH3 is 1. The lowest BCUT2D eigenvalue weighted by atomic mass is 10.1. The second-order valence-electron chi connectivity index (χ2n) is 4.71. The molecule has 0 saturated carbocycles. The highest BCUT2D eigenvalue weighted by Gasteiger charge is 2.08. The van der Waals surface area contributed by atoms with Crippen LogP contribution in [0.25, 0.3) is 0 Å². The molecular formula is C15H16N4O2. The van der Waals surface area contributed by atoms with Gasteiger partial charge < -0.3 is 14.2 Å². The molecular weight excluding hydrogens is 268 g/mol. The molecule has 0 aliphatic heterocycles. The molecule has 2 aromatic heterocycles. The number of aromatic nitrogens is 4. The summed E-state index contributed by atoms with van der Waals surface area (Å²) in [7, 11) is 1.65. The number of nitrogens with zero attached hydrogens (tertiary/aromatic N) is 3. The Hall–Kier alpha value is -2.63. The van der Waals surface area contributed by atoms with Crippen LogP contribution < -0.4 is 4.74 Å². The summed E-state index contributed by atoms with van der Waals surface area (Å²) in [4.78, 5) is 11.4. The number of aryl methyl sites for hydroxylation is 2. The molecule has 21 heavy (non-hydrogen) atoms. The molecule has 108 valence electrons. The number of ether oxygens (including phenoxy) is 1. The van der Waals surface area contributed by atoms with Gasteiger partial charge in [-0.25, -0.2) is 4.98 Å². The van der Waals surface area contributed by atoms with Crippen LogP contribution in [0.4, 0.5) is 0 Å². The molecule has 0 aliphatic rings. The van der Waals surface area contributed by atoms with E-state index >= 15 is 0 Å². The van der Waals surface area contributed by atoms with Gasteiger partial charge in [-0.15, -0.1) is 0 Å². The van der Waals surface area contributed by atoms with Crippen LogP contribution in [0, 0.1) is 0 Å². The molecule has 3 aromatic rings. The summed E-state index contributed by atoms with van der Waals surface area (Å²) in [6, 6.07) is 7.85. The minimum absolute atomic E-state index is 0.646. The Balaban J connectivity index is 1.59. The second-order valence-corrected chi connectivity index (χ2v) is 4.71. The Labute approximate surface area is 122 Å². The number of nitrogens with one attached hydrogen (secondary N) is 1. The highest BCUT2D eigenvalue weighted by Crippen LogP contribution is 2.14. The van der Waals surface area contributed by atoms with Gasteiger partial charge in [-0.3, -0.25) is 0 Å². The standard InChI is InChI=1S/C15H16N4O2/c1-20-13-5-2-11(3-6-13)8-14-18-15(21-19-14)7-4-12-9-16-10-17-12/h2-3,5-6,9-10H,4,7-8H2,1H3,(H,16,17). The Kier molecular flexibility index (Phi) is 3.95. The molecule has 6 nitrogen and oxygen atoms in total. The average Bonchev–Trinajstić information content (AvgIpc) is 3.17. The van der Waals surface area contributed by atoms with Crippen molar-refractivity contribution in [3.63, 3.8) is 0 Å². The van der Waals surface area contributed by atoms with Crippen LogP contribution >= 0.6 is 0 Å². The number of benzene rings is 1. The summed E-state index contributed by atoms with van der Waals surface area (Å²) in [5.41, 5.74) is 2.18. The molecule has 3 rings (SSSR count). The van der Waals surface area contributed by atoms with Crippen LogP contribution in [0.1, 0.15) is 23.0 Å². The molecule has 6 heteroatoms. The number of rotatable bonds is 6. The number of H-pyrrole nitrogens is 1. The molecule has 1 aromatic carbocycles. The van der Waals surface area contributed by atoms with Crippen molar-refractivity contribution in [1.29, 1.82) is 0 Å². The molecule has 0 amide bonds. The molecule has 2 heterocycles. The molecule has 0 spiro atoms. The van der Waals surface area contributed by atoms with Gasteiger partial charge >= 0.3 is 0 Å². The monoisotopic (exact) mass is 284 g/mol. The molecule has 0 unspecified atom stereocenters. The summed E-state index contributed by atoms with van der Waals surface area (Å²) < 4.78 is 10.4. The first kappa shape index (κ1) is 13.4. The van der Waals surface area contributed by atoms with Crippen molar-refractivity contribution in [3.8, 4) is 5.75 Å². The van der Waals surface area contributed by atoms with Crippen molar-refractivity contribution in [2.24, 2.45) is 0 Å². The van der Waals surface area contributed by atoms with Gasteiger partial charge in [-0.2, -0.15) is 4.98 Å². The van der Waals surface area contributed by atoms with Crippen LogP contribution in [-0.2, 0) is 19.3 Å². The largest absolute Gasteiger partial charge is 0.497 e. The zero-order valence-electron chi connectivity index (χ0n) is 11.7. The zero-order valence-corrected chi connectivity index (χ0v) is 11.7. The van der Waals surface area contributed by atoms with E-state index in [2.05, 4.69) is 20.1 Å². The number of hydrogen-bond donors (Lipinski definition) is 1. The summed E-state index contributed by atoms with van der Waals surface area (Å²) in [6.07, 6.45) is 5.63. The van der Waals surface area contributed by atoms with Crippen LogP contribution in [0.15, 0.2) is 41.3 Å². The lowest BCUT2D eigenvalue weighted by molar-refractivity contribution is 0.373. The van der Waals surface area contributed by atoms with E-state index in [1.54, 1.807) is 19.6 Å². The Morgan fingerprint density at radius 3 is 2.76 bits per heavy atom. The van der Waals surface area contributed by atoms with Gasteiger partial charge in [0.15, 0.2) is 5.82 Å². The minimum Gasteiger partial charge on any atom is -0.497 e. The summed E-state index contributed by atoms with van der Waals surface area (Å²) in [5.74, 6) is 2.18. The SMILES string of the molecule is COc1ccc(Cc2noc(CCc3cnc[nH]3)n2)cc1. The second kappa shape index (κ2) is 6.21. The maximum absolute atomic E-state index is 5.26. The smallest absolute Gasteiger partial charge is 0.227 e. The van der Waals surface area contributed by atoms with E-state index in [4.69, 9.17) is 9.26 Å². The molecule has 0 fully saturated rings. The topological polar surface area (TPSA) is 76.8 Å². The first-order chi connectivity index (χ1) is 10.3. The maximum atomic E-state index is 5.26. The maximum Gasteiger partial charge on any atom is 0.227 e. The zero-order chi connectivity index (χ0) is 14.5. The third-order valence-electron chi connectivity index (χ3n) is 3.19. The minimum atomic E-state index is 0.646. The molecule has 1 N–H and O–H groups in total. The summed E-state index contributed by atoms with van der Waals surface area (Å²) >= 11 is 0. The van der Waals surface area contributed by atoms with E-state index in [-0.39, 0.29) is 0 Å². The quantitative estimate of drug-likeness (QED) is 0.750. The van der Waals surface area contributed by atoms with Crippen molar-refractivity contribution in [1.82, 2.24) is 20.1 Å². The normalized spacial score (nSPS) is 10.7. The lowest BCUT2D eigenvalue weighted by Crippen LogP contribution is -1.94.